The summed E-state index contributed by atoms with van der Waals surface area (Å²) >= 11 is 0. The summed E-state index contributed by atoms with van der Waals surface area (Å²) in [5.41, 5.74) is -1.69. The molecule has 0 spiro atoms. The van der Waals surface area contributed by atoms with Crippen LogP contribution in [0.4, 0.5) is 22.0 Å². The van der Waals surface area contributed by atoms with E-state index in [1.54, 1.807) is 0 Å². The van der Waals surface area contributed by atoms with E-state index in [9.17, 15) is 31.5 Å². The van der Waals surface area contributed by atoms with Gasteiger partial charge in [-0.15, -0.1) is 0 Å². The van der Waals surface area contributed by atoms with E-state index < -0.39 is 53.9 Å². The molecule has 0 saturated heterocycles. The molecule has 0 bridgehead atoms. The molecule has 0 aromatic heterocycles. The van der Waals surface area contributed by atoms with E-state index >= 15 is 0 Å². The highest BCUT2D eigenvalue weighted by molar-refractivity contribution is 7.12. The van der Waals surface area contributed by atoms with Crippen LogP contribution in [0.15, 0.2) is 0 Å². The first-order chi connectivity index (χ1) is 8.50. The second kappa shape index (κ2) is 4.84. The highest BCUT2D eigenvalue weighted by Crippen LogP contribution is 2.24. The van der Waals surface area contributed by atoms with Gasteiger partial charge in [-0.1, -0.05) is 19.6 Å². The quantitative estimate of drug-likeness (QED) is 0.215. The van der Waals surface area contributed by atoms with Crippen molar-refractivity contribution in [1.29, 1.82) is 0 Å². The number of hydrogen-bond acceptors (Lipinski definition) is 2. The molecule has 0 radical (unpaired) electrons. The minimum atomic E-state index is -2.76. The first kappa shape index (κ1) is 15.5. The third-order valence-corrected chi connectivity index (χ3v) is 3.91. The van der Waals surface area contributed by atoms with Crippen molar-refractivity contribution in [2.75, 3.05) is 0 Å². The molecule has 0 heterocycles. The summed E-state index contributed by atoms with van der Waals surface area (Å²) in [6.07, 6.45) is 0. The summed E-state index contributed by atoms with van der Waals surface area (Å²) in [6, 6.07) is 0. The van der Waals surface area contributed by atoms with E-state index in [1.165, 1.54) is 19.6 Å². The Labute approximate surface area is 106 Å². The lowest BCUT2D eigenvalue weighted by atomic mass is 10.1. The van der Waals surface area contributed by atoms with Gasteiger partial charge in [-0.05, 0) is 0 Å². The van der Waals surface area contributed by atoms with Crippen LogP contribution >= 0.6 is 0 Å². The Morgan fingerprint density at radius 3 is 1.37 bits per heavy atom. The summed E-state index contributed by atoms with van der Waals surface area (Å²) in [6.45, 7) is 4.25. The molecular weight excluding hydrogens is 287 g/mol. The van der Waals surface area contributed by atoms with Crippen LogP contribution in [-0.2, 0) is 4.79 Å². The number of Topliss-reactive ketones (excluding diaryl/α,β-unsaturated/α-hetero) is 1. The smallest absolute Gasteiger partial charge is 0.229 e. The van der Waals surface area contributed by atoms with Gasteiger partial charge in [-0.25, -0.2) is 22.0 Å². The van der Waals surface area contributed by atoms with Gasteiger partial charge in [-0.2, -0.15) is 0 Å². The van der Waals surface area contributed by atoms with Crippen molar-refractivity contribution in [3.05, 3.63) is 34.6 Å². The van der Waals surface area contributed by atoms with Gasteiger partial charge in [0.25, 0.3) is 0 Å². The predicted molar refractivity (Wildman–Crippen MR) is 58.9 cm³/mol. The van der Waals surface area contributed by atoms with E-state index in [0.29, 0.717) is 0 Å². The number of ketones is 1. The fraction of sp³-hybridized carbons (Fsp3) is 0.273. The Bertz CT molecular complexity index is 548. The van der Waals surface area contributed by atoms with Crippen LogP contribution < -0.4 is 0 Å². The lowest BCUT2D eigenvalue weighted by Gasteiger charge is -2.14. The summed E-state index contributed by atoms with van der Waals surface area (Å²) in [4.78, 5) is 23.2. The maximum absolute atomic E-state index is 13.3. The zero-order valence-corrected chi connectivity index (χ0v) is 11.2. The fourth-order valence-electron chi connectivity index (χ4n) is 1.26. The van der Waals surface area contributed by atoms with Crippen LogP contribution in [0.3, 0.4) is 0 Å². The first-order valence-electron chi connectivity index (χ1n) is 5.10. The largest absolute Gasteiger partial charge is 0.296 e. The van der Waals surface area contributed by atoms with E-state index in [0.717, 1.165) is 0 Å². The number of benzene rings is 1. The van der Waals surface area contributed by atoms with Crippen molar-refractivity contribution >= 4 is 19.3 Å². The Kier molecular flexibility index (Phi) is 3.94. The lowest BCUT2D eigenvalue weighted by molar-refractivity contribution is -0.109. The second-order valence-electron chi connectivity index (χ2n) is 4.85. The van der Waals surface area contributed by atoms with E-state index in [4.69, 9.17) is 0 Å². The highest BCUT2D eigenvalue weighted by atomic mass is 28.3. The number of halogens is 5. The van der Waals surface area contributed by atoms with Crippen LogP contribution in [0.25, 0.3) is 0 Å². The second-order valence-corrected chi connectivity index (χ2v) is 9.81. The molecule has 0 aliphatic carbocycles. The SMILES string of the molecule is C[Si](C)(C)C(=O)C(=O)c1c(F)c(F)c(F)c(F)c1F. The van der Waals surface area contributed by atoms with Gasteiger partial charge in [0.2, 0.25) is 11.6 Å². The monoisotopic (exact) mass is 296 g/mol. The van der Waals surface area contributed by atoms with Gasteiger partial charge in [0, 0.05) is 0 Å². The van der Waals surface area contributed by atoms with Crippen LogP contribution in [-0.4, -0.2) is 19.3 Å². The average Bonchev–Trinajstić information content (AvgIpc) is 2.31. The van der Waals surface area contributed by atoms with Crippen molar-refractivity contribution in [2.24, 2.45) is 0 Å². The van der Waals surface area contributed by atoms with Gasteiger partial charge in [0.1, 0.15) is 13.6 Å². The summed E-state index contributed by atoms with van der Waals surface area (Å²) in [7, 11) is -2.76. The third-order valence-electron chi connectivity index (χ3n) is 2.32. The fourth-order valence-corrected chi connectivity index (χ4v) is 2.06. The summed E-state index contributed by atoms with van der Waals surface area (Å²) < 4.78 is 65.2. The Hall–Kier alpha value is -1.57. The topological polar surface area (TPSA) is 34.1 Å². The maximum atomic E-state index is 13.3. The zero-order chi connectivity index (χ0) is 15.1. The van der Waals surface area contributed by atoms with E-state index in [2.05, 4.69) is 0 Å². The van der Waals surface area contributed by atoms with E-state index in [-0.39, 0.29) is 0 Å². The molecule has 0 saturated carbocycles. The molecule has 8 heteroatoms. The van der Waals surface area contributed by atoms with Gasteiger partial charge in [0.05, 0.1) is 0 Å². The van der Waals surface area contributed by atoms with Crippen molar-refractivity contribution < 1.29 is 31.5 Å². The van der Waals surface area contributed by atoms with Crippen LogP contribution in [0, 0.1) is 29.1 Å². The molecule has 104 valence electrons. The molecule has 1 aromatic rings. The number of carbonyl (C=O) groups is 2. The van der Waals surface area contributed by atoms with Crippen molar-refractivity contribution in [2.45, 2.75) is 19.6 Å². The molecule has 2 nitrogen and oxygen atoms in total. The van der Waals surface area contributed by atoms with Gasteiger partial charge >= 0.3 is 0 Å². The molecule has 0 unspecified atom stereocenters. The minimum Gasteiger partial charge on any atom is -0.296 e. The Morgan fingerprint density at radius 1 is 0.737 bits per heavy atom. The van der Waals surface area contributed by atoms with Gasteiger partial charge in [-0.3, -0.25) is 9.59 Å². The molecular formula is C11H9F5O2Si. The molecule has 0 atom stereocenters. The Morgan fingerprint density at radius 2 is 1.05 bits per heavy atom. The first-order valence-corrected chi connectivity index (χ1v) is 8.60. The van der Waals surface area contributed by atoms with Gasteiger partial charge in [0.15, 0.2) is 28.7 Å². The van der Waals surface area contributed by atoms with Crippen LogP contribution in [0.1, 0.15) is 10.4 Å². The third kappa shape index (κ3) is 2.58. The number of rotatable bonds is 3. The Balaban J connectivity index is 3.54. The van der Waals surface area contributed by atoms with Crippen molar-refractivity contribution in [3.63, 3.8) is 0 Å². The summed E-state index contributed by atoms with van der Waals surface area (Å²) in [5, 5.41) is -1.12. The highest BCUT2D eigenvalue weighted by Gasteiger charge is 2.37. The lowest BCUT2D eigenvalue weighted by Crippen LogP contribution is -2.40. The normalized spacial score (nSPS) is 11.6. The van der Waals surface area contributed by atoms with Crippen LogP contribution in [0.5, 0.6) is 0 Å². The van der Waals surface area contributed by atoms with Crippen molar-refractivity contribution in [3.8, 4) is 0 Å². The molecule has 0 fully saturated rings. The minimum absolute atomic E-state index is 1.12. The predicted octanol–water partition coefficient (Wildman–Crippen LogP) is 3.01. The molecule has 0 N–H and O–H groups in total. The average molecular weight is 296 g/mol. The molecule has 0 amide bonds. The van der Waals surface area contributed by atoms with Crippen molar-refractivity contribution in [1.82, 2.24) is 0 Å². The van der Waals surface area contributed by atoms with E-state index in [1.807, 2.05) is 0 Å². The molecule has 1 rings (SSSR count). The number of hydrogen-bond donors (Lipinski definition) is 0. The molecule has 1 aromatic carbocycles. The molecule has 0 aliphatic rings. The summed E-state index contributed by atoms with van der Waals surface area (Å²) in [5.74, 6) is -13.1. The van der Waals surface area contributed by atoms with Crippen LogP contribution in [0.2, 0.25) is 19.6 Å². The maximum Gasteiger partial charge on any atom is 0.229 e. The molecule has 19 heavy (non-hydrogen) atoms. The standard InChI is InChI=1S/C11H9F5O2Si/c1-19(2,3)11(18)10(17)4-5(12)7(14)9(16)8(15)6(4)13/h1-3H3. The number of carbonyl (C=O) groups excluding carboxylic acids is 2. The van der Waals surface area contributed by atoms with Gasteiger partial charge < -0.3 is 0 Å². The molecule has 0 aliphatic heterocycles. The zero-order valence-electron chi connectivity index (χ0n) is 10.2.